The Labute approximate surface area is 179 Å². The Morgan fingerprint density at radius 3 is 2.70 bits per heavy atom. The van der Waals surface area contributed by atoms with Crippen LogP contribution < -0.4 is 4.80 Å². The summed E-state index contributed by atoms with van der Waals surface area (Å²) in [7, 11) is 0. The van der Waals surface area contributed by atoms with E-state index in [0.29, 0.717) is 22.8 Å². The van der Waals surface area contributed by atoms with E-state index in [0.717, 1.165) is 21.6 Å². The van der Waals surface area contributed by atoms with Crippen LogP contribution in [0.4, 0.5) is 0 Å². The molecule has 0 aliphatic rings. The number of nitrogens with zero attached hydrogens (tertiary/aromatic N) is 4. The van der Waals surface area contributed by atoms with Gasteiger partial charge in [0, 0.05) is 6.54 Å². The molecule has 0 N–H and O–H groups in total. The van der Waals surface area contributed by atoms with E-state index in [2.05, 4.69) is 48.7 Å². The number of benzene rings is 2. The molecule has 0 radical (unpaired) electrons. The molecule has 30 heavy (non-hydrogen) atoms. The van der Waals surface area contributed by atoms with Gasteiger partial charge in [-0.05, 0) is 42.7 Å². The first-order valence-corrected chi connectivity index (χ1v) is 10.7. The van der Waals surface area contributed by atoms with Crippen molar-refractivity contribution >= 4 is 27.5 Å². The highest BCUT2D eigenvalue weighted by Gasteiger charge is 2.16. The first-order chi connectivity index (χ1) is 14.5. The summed E-state index contributed by atoms with van der Waals surface area (Å²) >= 11 is 1.53. The number of rotatable bonds is 5. The van der Waals surface area contributed by atoms with Crippen LogP contribution in [0.2, 0.25) is 0 Å². The SMILES string of the molecule is C=CCn1c(=NC(=O)c2cnn(-c3ccccc3)c2C)sc2cc(C(C)C)ccc21. The lowest BCUT2D eigenvalue weighted by atomic mass is 10.0. The Morgan fingerprint density at radius 1 is 1.23 bits per heavy atom. The molecule has 152 valence electrons. The van der Waals surface area contributed by atoms with Crippen LogP contribution in [-0.4, -0.2) is 20.3 Å². The molecule has 4 aromatic rings. The van der Waals surface area contributed by atoms with E-state index in [1.807, 2.05) is 47.9 Å². The molecule has 0 unspecified atom stereocenters. The highest BCUT2D eigenvalue weighted by molar-refractivity contribution is 7.16. The van der Waals surface area contributed by atoms with Crippen molar-refractivity contribution < 1.29 is 4.79 Å². The van der Waals surface area contributed by atoms with Gasteiger partial charge in [0.05, 0.1) is 33.4 Å². The van der Waals surface area contributed by atoms with Gasteiger partial charge in [0.15, 0.2) is 4.80 Å². The molecule has 2 aromatic carbocycles. The third-order valence-corrected chi connectivity index (χ3v) is 6.16. The molecule has 0 fully saturated rings. The number of thiazole rings is 1. The highest BCUT2D eigenvalue weighted by atomic mass is 32.1. The molecule has 0 aliphatic carbocycles. The molecule has 0 saturated carbocycles. The van der Waals surface area contributed by atoms with Crippen LogP contribution in [0.5, 0.6) is 0 Å². The van der Waals surface area contributed by atoms with E-state index in [-0.39, 0.29) is 5.91 Å². The molecule has 0 spiro atoms. The molecule has 5 nitrogen and oxygen atoms in total. The van der Waals surface area contributed by atoms with Crippen LogP contribution in [0.1, 0.15) is 41.4 Å². The number of para-hydroxylation sites is 1. The summed E-state index contributed by atoms with van der Waals surface area (Å²) in [6, 6.07) is 16.2. The second kappa shape index (κ2) is 8.24. The fraction of sp³-hybridized carbons (Fsp3) is 0.208. The minimum atomic E-state index is -0.289. The molecule has 6 heteroatoms. The molecule has 0 aliphatic heterocycles. The largest absolute Gasteiger partial charge is 0.312 e. The van der Waals surface area contributed by atoms with Gasteiger partial charge in [-0.2, -0.15) is 10.1 Å². The number of aromatic nitrogens is 3. The van der Waals surface area contributed by atoms with Crippen LogP contribution in [0, 0.1) is 6.92 Å². The molecular weight excluding hydrogens is 392 g/mol. The van der Waals surface area contributed by atoms with Gasteiger partial charge in [-0.3, -0.25) is 4.79 Å². The zero-order valence-corrected chi connectivity index (χ0v) is 18.2. The van der Waals surface area contributed by atoms with Gasteiger partial charge in [0.1, 0.15) is 0 Å². The molecule has 2 aromatic heterocycles. The van der Waals surface area contributed by atoms with Gasteiger partial charge in [-0.25, -0.2) is 4.68 Å². The normalized spacial score (nSPS) is 12.1. The number of carbonyl (C=O) groups excluding carboxylic acids is 1. The van der Waals surface area contributed by atoms with Crippen LogP contribution in [-0.2, 0) is 6.54 Å². The number of hydrogen-bond acceptors (Lipinski definition) is 3. The second-order valence-corrected chi connectivity index (χ2v) is 8.48. The maximum absolute atomic E-state index is 13.0. The Morgan fingerprint density at radius 2 is 2.00 bits per heavy atom. The Hall–Kier alpha value is -3.25. The third-order valence-electron chi connectivity index (χ3n) is 5.12. The quantitative estimate of drug-likeness (QED) is 0.417. The summed E-state index contributed by atoms with van der Waals surface area (Å²) in [4.78, 5) is 18.2. The topological polar surface area (TPSA) is 52.2 Å². The van der Waals surface area contributed by atoms with Crippen molar-refractivity contribution in [3.63, 3.8) is 0 Å². The zero-order chi connectivity index (χ0) is 21.3. The van der Waals surface area contributed by atoms with Gasteiger partial charge in [0.25, 0.3) is 5.91 Å². The van der Waals surface area contributed by atoms with Crippen LogP contribution in [0.15, 0.2) is 72.4 Å². The lowest BCUT2D eigenvalue weighted by molar-refractivity contribution is 0.0997. The smallest absolute Gasteiger partial charge is 0.283 e. The Balaban J connectivity index is 1.79. The molecular formula is C24H24N4OS. The fourth-order valence-electron chi connectivity index (χ4n) is 3.44. The van der Waals surface area contributed by atoms with Crippen molar-refractivity contribution in [2.45, 2.75) is 33.2 Å². The van der Waals surface area contributed by atoms with Crippen LogP contribution in [0.25, 0.3) is 15.9 Å². The van der Waals surface area contributed by atoms with Gasteiger partial charge < -0.3 is 4.57 Å². The first kappa shape index (κ1) is 20.0. The number of fused-ring (bicyclic) bond motifs is 1. The number of allylic oxidation sites excluding steroid dienone is 1. The van der Waals surface area contributed by atoms with E-state index >= 15 is 0 Å². The summed E-state index contributed by atoms with van der Waals surface area (Å²) in [6.07, 6.45) is 3.42. The van der Waals surface area contributed by atoms with E-state index in [4.69, 9.17) is 0 Å². The summed E-state index contributed by atoms with van der Waals surface area (Å²) < 4.78 is 4.91. The van der Waals surface area contributed by atoms with Crippen LogP contribution in [0.3, 0.4) is 0 Å². The number of hydrogen-bond donors (Lipinski definition) is 0. The standard InChI is InChI=1S/C24H24N4OS/c1-5-13-27-21-12-11-18(16(2)3)14-22(21)30-24(27)26-23(29)20-15-25-28(17(20)4)19-9-7-6-8-10-19/h5-12,14-16H,1,13H2,2-4H3. The average molecular weight is 417 g/mol. The maximum Gasteiger partial charge on any atom is 0.283 e. The Bertz CT molecular complexity index is 1290. The lowest BCUT2D eigenvalue weighted by Crippen LogP contribution is -2.16. The van der Waals surface area contributed by atoms with Gasteiger partial charge in [0.2, 0.25) is 0 Å². The molecule has 0 bridgehead atoms. The van der Waals surface area contributed by atoms with Crippen molar-refractivity contribution in [2.75, 3.05) is 0 Å². The lowest BCUT2D eigenvalue weighted by Gasteiger charge is -2.06. The molecule has 1 amide bonds. The monoisotopic (exact) mass is 416 g/mol. The number of carbonyl (C=O) groups is 1. The molecule has 0 saturated heterocycles. The number of amides is 1. The van der Waals surface area contributed by atoms with E-state index in [1.54, 1.807) is 10.9 Å². The zero-order valence-electron chi connectivity index (χ0n) is 17.4. The van der Waals surface area contributed by atoms with Crippen LogP contribution >= 0.6 is 11.3 Å². The van der Waals surface area contributed by atoms with Gasteiger partial charge in [-0.15, -0.1) is 6.58 Å². The van der Waals surface area contributed by atoms with E-state index < -0.39 is 0 Å². The van der Waals surface area contributed by atoms with Crippen molar-refractivity contribution in [3.8, 4) is 5.69 Å². The van der Waals surface area contributed by atoms with Crippen molar-refractivity contribution in [3.05, 3.63) is 89.0 Å². The molecule has 4 rings (SSSR count). The minimum absolute atomic E-state index is 0.289. The highest BCUT2D eigenvalue weighted by Crippen LogP contribution is 2.24. The second-order valence-electron chi connectivity index (χ2n) is 7.47. The maximum atomic E-state index is 13.0. The summed E-state index contributed by atoms with van der Waals surface area (Å²) in [5.74, 6) is 0.154. The van der Waals surface area contributed by atoms with E-state index in [1.165, 1.54) is 16.9 Å². The van der Waals surface area contributed by atoms with E-state index in [9.17, 15) is 4.79 Å². The molecule has 0 atom stereocenters. The van der Waals surface area contributed by atoms with Gasteiger partial charge in [-0.1, -0.05) is 55.5 Å². The third kappa shape index (κ3) is 3.66. The first-order valence-electron chi connectivity index (χ1n) is 9.93. The Kier molecular flexibility index (Phi) is 5.50. The average Bonchev–Trinajstić information content (AvgIpc) is 3.29. The summed E-state index contributed by atoms with van der Waals surface area (Å²) in [5, 5.41) is 4.40. The minimum Gasteiger partial charge on any atom is -0.312 e. The van der Waals surface area contributed by atoms with Crippen molar-refractivity contribution in [1.29, 1.82) is 0 Å². The van der Waals surface area contributed by atoms with Gasteiger partial charge >= 0.3 is 0 Å². The predicted octanol–water partition coefficient (Wildman–Crippen LogP) is 5.25. The molecule has 2 heterocycles. The summed E-state index contributed by atoms with van der Waals surface area (Å²) in [6.45, 7) is 10.7. The fourth-order valence-corrected chi connectivity index (χ4v) is 4.52. The summed E-state index contributed by atoms with van der Waals surface area (Å²) in [5.41, 5.74) is 4.52. The van der Waals surface area contributed by atoms with Crippen molar-refractivity contribution in [1.82, 2.24) is 14.3 Å². The predicted molar refractivity (Wildman–Crippen MR) is 122 cm³/mol. The van der Waals surface area contributed by atoms with Crippen molar-refractivity contribution in [2.24, 2.45) is 4.99 Å².